The maximum atomic E-state index is 11.4. The fourth-order valence-electron chi connectivity index (χ4n) is 3.70. The minimum absolute atomic E-state index is 0.139. The smallest absolute Gasteiger partial charge is 0.270 e. The average molecular weight is 410 g/mol. The van der Waals surface area contributed by atoms with Crippen LogP contribution >= 0.6 is 11.8 Å². The lowest BCUT2D eigenvalue weighted by Crippen LogP contribution is -2.29. The summed E-state index contributed by atoms with van der Waals surface area (Å²) >= 11 is 1.21. The quantitative estimate of drug-likeness (QED) is 0.362. The van der Waals surface area contributed by atoms with Crippen molar-refractivity contribution in [2.24, 2.45) is 11.3 Å². The zero-order valence-corrected chi connectivity index (χ0v) is 17.6. The van der Waals surface area contributed by atoms with E-state index in [0.717, 1.165) is 36.9 Å². The molecule has 7 heteroatoms. The number of fused-ring (bicyclic) bond motifs is 1. The largest absolute Gasteiger partial charge is 0.298 e. The van der Waals surface area contributed by atoms with E-state index in [9.17, 15) is 20.2 Å². The van der Waals surface area contributed by atoms with Crippen molar-refractivity contribution in [3.8, 4) is 6.07 Å². The second-order valence-corrected chi connectivity index (χ2v) is 9.07. The van der Waals surface area contributed by atoms with Crippen LogP contribution in [0.2, 0.25) is 0 Å². The molecule has 1 atom stereocenters. The Balaban J connectivity index is 1.94. The fourth-order valence-corrected chi connectivity index (χ4v) is 4.64. The Morgan fingerprint density at radius 1 is 1.41 bits per heavy atom. The highest BCUT2D eigenvalue weighted by Gasteiger charge is 2.32. The monoisotopic (exact) mass is 409 g/mol. The first kappa shape index (κ1) is 21.0. The zero-order chi connectivity index (χ0) is 21.2. The van der Waals surface area contributed by atoms with Gasteiger partial charge in [0.1, 0.15) is 11.1 Å². The lowest BCUT2D eigenvalue weighted by atomic mass is 9.69. The van der Waals surface area contributed by atoms with Gasteiger partial charge in [0.05, 0.1) is 10.5 Å². The first-order valence-corrected chi connectivity index (χ1v) is 10.4. The van der Waals surface area contributed by atoms with E-state index in [1.165, 1.54) is 30.0 Å². The number of pyridine rings is 1. The van der Waals surface area contributed by atoms with Gasteiger partial charge in [-0.05, 0) is 48.3 Å². The predicted octanol–water partition coefficient (Wildman–Crippen LogP) is 5.37. The van der Waals surface area contributed by atoms with Crippen molar-refractivity contribution in [2.45, 2.75) is 56.4 Å². The van der Waals surface area contributed by atoms with Gasteiger partial charge in [-0.25, -0.2) is 4.98 Å². The second kappa shape index (κ2) is 8.34. The SMILES string of the molecule is CCC(C)(C)[C@@H]1CCc2nc(Sc3ccc([N+](=O)[O-])cc3C=O)c(C#N)cc2C1. The van der Waals surface area contributed by atoms with E-state index >= 15 is 0 Å². The van der Waals surface area contributed by atoms with Gasteiger partial charge in [0.2, 0.25) is 0 Å². The molecule has 1 aromatic carbocycles. The van der Waals surface area contributed by atoms with Crippen molar-refractivity contribution in [1.82, 2.24) is 4.98 Å². The Morgan fingerprint density at radius 2 is 2.17 bits per heavy atom. The molecule has 1 aliphatic rings. The summed E-state index contributed by atoms with van der Waals surface area (Å²) in [6, 6.07) is 8.29. The molecule has 0 bridgehead atoms. The number of hydrogen-bond donors (Lipinski definition) is 0. The predicted molar refractivity (Wildman–Crippen MR) is 111 cm³/mol. The van der Waals surface area contributed by atoms with E-state index in [-0.39, 0.29) is 16.7 Å². The number of hydrogen-bond acceptors (Lipinski definition) is 6. The van der Waals surface area contributed by atoms with E-state index in [0.29, 0.717) is 27.7 Å². The van der Waals surface area contributed by atoms with E-state index in [1.54, 1.807) is 0 Å². The molecule has 0 radical (unpaired) electrons. The first-order chi connectivity index (χ1) is 13.8. The third-order valence-electron chi connectivity index (χ3n) is 6.03. The number of nitro groups is 1. The van der Waals surface area contributed by atoms with Gasteiger partial charge >= 0.3 is 0 Å². The Hall–Kier alpha value is -2.72. The maximum absolute atomic E-state index is 11.4. The number of carbonyl (C=O) groups excluding carboxylic acids is 1. The number of nitriles is 1. The number of non-ortho nitro benzene ring substituents is 1. The summed E-state index contributed by atoms with van der Waals surface area (Å²) in [5.74, 6) is 0.559. The average Bonchev–Trinajstić information content (AvgIpc) is 2.72. The molecule has 0 saturated heterocycles. The minimum atomic E-state index is -0.534. The topological polar surface area (TPSA) is 96.9 Å². The standard InChI is InChI=1S/C22H23N3O3S/c1-4-22(2,3)17-5-7-19-14(10-17)9-15(12-23)21(24-19)29-20-8-6-18(25(27)28)11-16(20)13-26/h6,8-9,11,13,17H,4-5,7,10H2,1-3H3/t17-/m1/s1. The molecule has 0 amide bonds. The van der Waals surface area contributed by atoms with Crippen molar-refractivity contribution in [1.29, 1.82) is 5.26 Å². The third-order valence-corrected chi connectivity index (χ3v) is 7.12. The zero-order valence-electron chi connectivity index (χ0n) is 16.8. The van der Waals surface area contributed by atoms with Crippen molar-refractivity contribution < 1.29 is 9.72 Å². The van der Waals surface area contributed by atoms with Crippen LogP contribution in [0.3, 0.4) is 0 Å². The second-order valence-electron chi connectivity index (χ2n) is 8.04. The fraction of sp³-hybridized carbons (Fsp3) is 0.409. The van der Waals surface area contributed by atoms with Gasteiger partial charge in [-0.3, -0.25) is 14.9 Å². The number of carbonyl (C=O) groups is 1. The van der Waals surface area contributed by atoms with Crippen molar-refractivity contribution in [2.75, 3.05) is 0 Å². The summed E-state index contributed by atoms with van der Waals surface area (Å²) in [4.78, 5) is 27.1. The van der Waals surface area contributed by atoms with E-state index in [4.69, 9.17) is 4.98 Å². The molecular formula is C22H23N3O3S. The molecule has 150 valence electrons. The van der Waals surface area contributed by atoms with Crippen LogP contribution in [-0.2, 0) is 12.8 Å². The van der Waals surface area contributed by atoms with Crippen LogP contribution in [0.1, 0.15) is 60.8 Å². The van der Waals surface area contributed by atoms with Gasteiger partial charge in [-0.1, -0.05) is 39.0 Å². The van der Waals surface area contributed by atoms with Gasteiger partial charge in [-0.15, -0.1) is 0 Å². The molecule has 1 aliphatic carbocycles. The molecule has 2 aromatic rings. The molecule has 0 spiro atoms. The molecule has 0 unspecified atom stereocenters. The Morgan fingerprint density at radius 3 is 2.79 bits per heavy atom. The summed E-state index contributed by atoms with van der Waals surface area (Å²) in [7, 11) is 0. The van der Waals surface area contributed by atoms with Crippen LogP contribution in [0, 0.1) is 32.8 Å². The Bertz CT molecular complexity index is 1010. The van der Waals surface area contributed by atoms with Crippen LogP contribution < -0.4 is 0 Å². The number of nitro benzene ring substituents is 1. The summed E-state index contributed by atoms with van der Waals surface area (Å²) in [6.45, 7) is 6.80. The third kappa shape index (κ3) is 4.33. The van der Waals surface area contributed by atoms with E-state index in [1.807, 2.05) is 6.07 Å². The highest BCUT2D eigenvalue weighted by molar-refractivity contribution is 7.99. The molecule has 1 heterocycles. The molecule has 0 N–H and O–H groups in total. The Labute approximate surface area is 174 Å². The summed E-state index contributed by atoms with van der Waals surface area (Å²) < 4.78 is 0. The normalized spacial score (nSPS) is 16.0. The van der Waals surface area contributed by atoms with E-state index in [2.05, 4.69) is 26.8 Å². The van der Waals surface area contributed by atoms with Gasteiger partial charge in [-0.2, -0.15) is 5.26 Å². The van der Waals surface area contributed by atoms with Crippen LogP contribution in [0.25, 0.3) is 0 Å². The minimum Gasteiger partial charge on any atom is -0.298 e. The lowest BCUT2D eigenvalue weighted by molar-refractivity contribution is -0.384. The highest BCUT2D eigenvalue weighted by Crippen LogP contribution is 2.41. The molecule has 3 rings (SSSR count). The van der Waals surface area contributed by atoms with Crippen molar-refractivity contribution in [3.63, 3.8) is 0 Å². The van der Waals surface area contributed by atoms with Gasteiger partial charge < -0.3 is 0 Å². The highest BCUT2D eigenvalue weighted by atomic mass is 32.2. The number of aldehydes is 1. The van der Waals surface area contributed by atoms with Crippen LogP contribution in [0.15, 0.2) is 34.2 Å². The lowest BCUT2D eigenvalue weighted by Gasteiger charge is -2.37. The molecule has 0 aliphatic heterocycles. The number of aryl methyl sites for hydroxylation is 1. The number of nitrogens with zero attached hydrogens (tertiary/aromatic N) is 3. The number of benzene rings is 1. The molecule has 29 heavy (non-hydrogen) atoms. The molecular weight excluding hydrogens is 386 g/mol. The molecule has 0 fully saturated rings. The van der Waals surface area contributed by atoms with E-state index < -0.39 is 4.92 Å². The van der Waals surface area contributed by atoms with Crippen LogP contribution in [0.5, 0.6) is 0 Å². The summed E-state index contributed by atoms with van der Waals surface area (Å²) in [6.07, 6.45) is 4.54. The maximum Gasteiger partial charge on any atom is 0.270 e. The number of aromatic nitrogens is 1. The van der Waals surface area contributed by atoms with Gasteiger partial charge in [0, 0.05) is 28.3 Å². The van der Waals surface area contributed by atoms with Gasteiger partial charge in [0.25, 0.3) is 5.69 Å². The van der Waals surface area contributed by atoms with Crippen LogP contribution in [-0.4, -0.2) is 16.2 Å². The van der Waals surface area contributed by atoms with Crippen molar-refractivity contribution in [3.05, 3.63) is 56.8 Å². The van der Waals surface area contributed by atoms with Crippen LogP contribution in [0.4, 0.5) is 5.69 Å². The number of rotatable bonds is 6. The molecule has 1 aromatic heterocycles. The Kier molecular flexibility index (Phi) is 6.04. The first-order valence-electron chi connectivity index (χ1n) is 9.63. The van der Waals surface area contributed by atoms with Gasteiger partial charge in [0.15, 0.2) is 6.29 Å². The summed E-state index contributed by atoms with van der Waals surface area (Å²) in [5.41, 5.74) is 2.93. The molecule has 0 saturated carbocycles. The summed E-state index contributed by atoms with van der Waals surface area (Å²) in [5, 5.41) is 21.1. The molecule has 6 nitrogen and oxygen atoms in total. The van der Waals surface area contributed by atoms with Crippen molar-refractivity contribution >= 4 is 23.7 Å².